The number of anilines is 1. The molecule has 106 valence electrons. The zero-order valence-corrected chi connectivity index (χ0v) is 11.8. The van der Waals surface area contributed by atoms with Crippen LogP contribution in [0.3, 0.4) is 0 Å². The Labute approximate surface area is 124 Å². The molecular weight excluding hydrogens is 260 g/mol. The summed E-state index contributed by atoms with van der Waals surface area (Å²) in [6.07, 6.45) is 0.869. The van der Waals surface area contributed by atoms with E-state index in [9.17, 15) is 0 Å². The van der Waals surface area contributed by atoms with Crippen molar-refractivity contribution < 1.29 is 0 Å². The second-order valence-electron chi connectivity index (χ2n) is 4.56. The van der Waals surface area contributed by atoms with Gasteiger partial charge in [0.1, 0.15) is 5.82 Å². The van der Waals surface area contributed by atoms with Gasteiger partial charge in [0, 0.05) is 5.69 Å². The van der Waals surface area contributed by atoms with E-state index in [1.54, 1.807) is 0 Å². The van der Waals surface area contributed by atoms with Crippen LogP contribution in [0.15, 0.2) is 77.0 Å². The van der Waals surface area contributed by atoms with E-state index in [-0.39, 0.29) is 11.8 Å². The molecule has 4 nitrogen and oxygen atoms in total. The van der Waals surface area contributed by atoms with Crippen molar-refractivity contribution >= 4 is 18.4 Å². The highest BCUT2D eigenvalue weighted by atomic mass is 15.1. The van der Waals surface area contributed by atoms with Gasteiger partial charge in [-0.25, -0.2) is 4.99 Å². The Morgan fingerprint density at radius 2 is 1.76 bits per heavy atom. The van der Waals surface area contributed by atoms with E-state index < -0.39 is 0 Å². The lowest BCUT2D eigenvalue weighted by atomic mass is 10.0. The summed E-state index contributed by atoms with van der Waals surface area (Å²) in [5.74, 6) is 0.518. The maximum atomic E-state index is 5.78. The molecule has 0 aliphatic heterocycles. The molecule has 0 aliphatic rings. The van der Waals surface area contributed by atoms with Crippen molar-refractivity contribution in [1.29, 1.82) is 0 Å². The molecule has 0 fully saturated rings. The van der Waals surface area contributed by atoms with Gasteiger partial charge in [-0.3, -0.25) is 0 Å². The van der Waals surface area contributed by atoms with Gasteiger partial charge < -0.3 is 11.1 Å². The molecule has 21 heavy (non-hydrogen) atoms. The van der Waals surface area contributed by atoms with E-state index in [0.29, 0.717) is 0 Å². The Bertz CT molecular complexity index is 660. The number of nitrogens with zero attached hydrogens (tertiary/aromatic N) is 2. The van der Waals surface area contributed by atoms with E-state index in [2.05, 4.69) is 46.8 Å². The van der Waals surface area contributed by atoms with Crippen LogP contribution in [-0.4, -0.2) is 12.7 Å². The molecule has 2 rings (SSSR count). The van der Waals surface area contributed by atoms with Crippen molar-refractivity contribution in [2.75, 3.05) is 5.32 Å². The fourth-order valence-corrected chi connectivity index (χ4v) is 1.94. The summed E-state index contributed by atoms with van der Waals surface area (Å²) < 4.78 is 0. The highest BCUT2D eigenvalue weighted by Gasteiger charge is 1.99. The van der Waals surface area contributed by atoms with Crippen molar-refractivity contribution in [3.8, 4) is 0 Å². The molecule has 0 aliphatic carbocycles. The van der Waals surface area contributed by atoms with Gasteiger partial charge in [0.15, 0.2) is 5.96 Å². The van der Waals surface area contributed by atoms with Crippen LogP contribution in [0.25, 0.3) is 0 Å². The third-order valence-electron chi connectivity index (χ3n) is 2.88. The third kappa shape index (κ3) is 4.62. The number of rotatable bonds is 5. The molecule has 0 amide bonds. The van der Waals surface area contributed by atoms with Gasteiger partial charge in [-0.1, -0.05) is 49.0 Å². The van der Waals surface area contributed by atoms with Gasteiger partial charge in [-0.15, -0.1) is 0 Å². The van der Waals surface area contributed by atoms with E-state index in [1.165, 1.54) is 11.1 Å². The van der Waals surface area contributed by atoms with E-state index in [1.807, 2.05) is 36.4 Å². The summed E-state index contributed by atoms with van der Waals surface area (Å²) in [6.45, 7) is 6.93. The van der Waals surface area contributed by atoms with E-state index in [4.69, 9.17) is 5.73 Å². The predicted molar refractivity (Wildman–Crippen MR) is 89.6 cm³/mol. The van der Waals surface area contributed by atoms with Crippen molar-refractivity contribution in [3.05, 3.63) is 78.1 Å². The Hall–Kier alpha value is -2.88. The molecule has 2 aromatic carbocycles. The standard InChI is InChI=1S/C17H18N4/c1-13(19-2)20-17(18)21-16-10-6-9-15(12-16)11-14-7-4-3-5-8-14/h3-10,12H,1-2,11H2,(H3,18,20,21). The summed E-state index contributed by atoms with van der Waals surface area (Å²) in [6, 6.07) is 18.3. The molecule has 0 atom stereocenters. The van der Waals surface area contributed by atoms with Crippen LogP contribution in [0.4, 0.5) is 5.69 Å². The molecule has 0 saturated heterocycles. The minimum absolute atomic E-state index is 0.240. The average Bonchev–Trinajstić information content (AvgIpc) is 2.48. The molecule has 0 spiro atoms. The highest BCUT2D eigenvalue weighted by molar-refractivity contribution is 5.92. The number of benzene rings is 2. The first kappa shape index (κ1) is 14.5. The summed E-state index contributed by atoms with van der Waals surface area (Å²) in [4.78, 5) is 7.56. The zero-order valence-electron chi connectivity index (χ0n) is 11.8. The number of guanidine groups is 1. The molecule has 0 heterocycles. The maximum absolute atomic E-state index is 5.78. The van der Waals surface area contributed by atoms with Crippen molar-refractivity contribution in [2.45, 2.75) is 6.42 Å². The first-order valence-corrected chi connectivity index (χ1v) is 6.57. The van der Waals surface area contributed by atoms with Gasteiger partial charge in [0.05, 0.1) is 0 Å². The monoisotopic (exact) mass is 278 g/mol. The van der Waals surface area contributed by atoms with Gasteiger partial charge in [0.25, 0.3) is 0 Å². The summed E-state index contributed by atoms with van der Waals surface area (Å²) in [7, 11) is 0. The normalized spacial score (nSPS) is 11.0. The van der Waals surface area contributed by atoms with Crippen LogP contribution in [0.2, 0.25) is 0 Å². The quantitative estimate of drug-likeness (QED) is 0.651. The highest BCUT2D eigenvalue weighted by Crippen LogP contribution is 2.14. The van der Waals surface area contributed by atoms with E-state index >= 15 is 0 Å². The topological polar surface area (TPSA) is 62.8 Å². The van der Waals surface area contributed by atoms with Crippen LogP contribution < -0.4 is 11.1 Å². The lowest BCUT2D eigenvalue weighted by molar-refractivity contribution is 1.19. The lowest BCUT2D eigenvalue weighted by Crippen LogP contribution is -2.22. The Morgan fingerprint density at radius 1 is 1.05 bits per heavy atom. The Kier molecular flexibility index (Phi) is 4.88. The summed E-state index contributed by atoms with van der Waals surface area (Å²) in [5.41, 5.74) is 9.11. The number of aliphatic imine (C=N–C) groups is 2. The van der Waals surface area contributed by atoms with Crippen LogP contribution >= 0.6 is 0 Å². The first-order valence-electron chi connectivity index (χ1n) is 6.57. The molecule has 0 aromatic heterocycles. The van der Waals surface area contributed by atoms with Gasteiger partial charge in [-0.2, -0.15) is 4.99 Å². The van der Waals surface area contributed by atoms with Crippen LogP contribution in [-0.2, 0) is 6.42 Å². The van der Waals surface area contributed by atoms with E-state index in [0.717, 1.165) is 12.1 Å². The zero-order chi connectivity index (χ0) is 15.1. The van der Waals surface area contributed by atoms with Crippen molar-refractivity contribution in [2.24, 2.45) is 15.7 Å². The summed E-state index contributed by atoms with van der Waals surface area (Å²) in [5, 5.41) is 3.01. The second kappa shape index (κ2) is 7.05. The smallest absolute Gasteiger partial charge is 0.199 e. The number of hydrogen-bond donors (Lipinski definition) is 2. The van der Waals surface area contributed by atoms with Gasteiger partial charge in [0.2, 0.25) is 0 Å². The van der Waals surface area contributed by atoms with Crippen molar-refractivity contribution in [1.82, 2.24) is 0 Å². The maximum Gasteiger partial charge on any atom is 0.199 e. The van der Waals surface area contributed by atoms with Crippen molar-refractivity contribution in [3.63, 3.8) is 0 Å². The number of nitrogens with two attached hydrogens (primary N) is 1. The van der Waals surface area contributed by atoms with Crippen LogP contribution in [0.5, 0.6) is 0 Å². The third-order valence-corrected chi connectivity index (χ3v) is 2.88. The largest absolute Gasteiger partial charge is 0.369 e. The molecule has 0 bridgehead atoms. The molecule has 0 unspecified atom stereocenters. The fourth-order valence-electron chi connectivity index (χ4n) is 1.94. The van der Waals surface area contributed by atoms with Gasteiger partial charge in [-0.05, 0) is 36.4 Å². The number of hydrogen-bond acceptors (Lipinski definition) is 2. The van der Waals surface area contributed by atoms with Crippen LogP contribution in [0, 0.1) is 0 Å². The lowest BCUT2D eigenvalue weighted by Gasteiger charge is -2.08. The Balaban J connectivity index is 2.09. The molecule has 4 heteroatoms. The van der Waals surface area contributed by atoms with Gasteiger partial charge >= 0.3 is 0 Å². The second-order valence-corrected chi connectivity index (χ2v) is 4.56. The average molecular weight is 278 g/mol. The minimum atomic E-state index is 0.240. The SMILES string of the molecule is C=NC(=C)/N=C(\N)Nc1cccc(Cc2ccccc2)c1. The summed E-state index contributed by atoms with van der Waals surface area (Å²) >= 11 is 0. The molecule has 3 N–H and O–H groups in total. The minimum Gasteiger partial charge on any atom is -0.369 e. The van der Waals surface area contributed by atoms with Crippen LogP contribution in [0.1, 0.15) is 11.1 Å². The number of nitrogens with one attached hydrogen (secondary N) is 1. The molecule has 0 radical (unpaired) electrons. The fraction of sp³-hybridized carbons (Fsp3) is 0.0588. The Morgan fingerprint density at radius 3 is 2.48 bits per heavy atom. The predicted octanol–water partition coefficient (Wildman–Crippen LogP) is 3.18. The molecular formula is C17H18N4. The molecule has 0 saturated carbocycles. The molecule has 2 aromatic rings. The first-order chi connectivity index (χ1) is 10.2.